The van der Waals surface area contributed by atoms with Gasteiger partial charge in [-0.1, -0.05) is 19.4 Å². The van der Waals surface area contributed by atoms with Crippen LogP contribution in [-0.2, 0) is 0 Å². The topological polar surface area (TPSA) is 38.0 Å². The third-order valence-corrected chi connectivity index (χ3v) is 2.40. The van der Waals surface area contributed by atoms with Crippen molar-refractivity contribution in [3.05, 3.63) is 35.1 Å². The van der Waals surface area contributed by atoms with Gasteiger partial charge in [-0.3, -0.25) is 11.3 Å². The van der Waals surface area contributed by atoms with Crippen molar-refractivity contribution in [1.29, 1.82) is 0 Å². The molecule has 1 aromatic rings. The van der Waals surface area contributed by atoms with E-state index in [0.29, 0.717) is 0 Å². The summed E-state index contributed by atoms with van der Waals surface area (Å²) in [7, 11) is 0. The van der Waals surface area contributed by atoms with Gasteiger partial charge in [0.2, 0.25) is 0 Å². The van der Waals surface area contributed by atoms with Gasteiger partial charge >= 0.3 is 0 Å². The third-order valence-electron chi connectivity index (χ3n) is 2.40. The maximum absolute atomic E-state index is 13.0. The minimum absolute atomic E-state index is 0.0516. The molecule has 1 aromatic carbocycles. The van der Waals surface area contributed by atoms with Gasteiger partial charge in [0.05, 0.1) is 0 Å². The lowest BCUT2D eigenvalue weighted by Gasteiger charge is -2.17. The molecule has 0 amide bonds. The van der Waals surface area contributed by atoms with Crippen LogP contribution in [-0.4, -0.2) is 0 Å². The molecular weight excluding hydrogens is 179 g/mol. The molecule has 1 atom stereocenters. The van der Waals surface area contributed by atoms with Crippen molar-refractivity contribution < 1.29 is 4.39 Å². The first-order valence-corrected chi connectivity index (χ1v) is 4.91. The molecule has 1 rings (SSSR count). The number of hydrogen-bond acceptors (Lipinski definition) is 2. The lowest BCUT2D eigenvalue weighted by molar-refractivity contribution is 0.503. The molecule has 78 valence electrons. The van der Waals surface area contributed by atoms with Gasteiger partial charge in [0.15, 0.2) is 0 Å². The predicted octanol–water partition coefficient (Wildman–Crippen LogP) is 2.44. The SMILES string of the molecule is CCCC(NN)c1cc(F)ccc1C. The van der Waals surface area contributed by atoms with Crippen LogP contribution in [0.1, 0.15) is 36.9 Å². The van der Waals surface area contributed by atoms with Gasteiger partial charge in [-0.25, -0.2) is 4.39 Å². The Morgan fingerprint density at radius 1 is 1.50 bits per heavy atom. The molecule has 0 saturated heterocycles. The normalized spacial score (nSPS) is 12.9. The maximum Gasteiger partial charge on any atom is 0.123 e. The third kappa shape index (κ3) is 2.53. The first-order chi connectivity index (χ1) is 6.69. The minimum atomic E-state index is -0.207. The molecule has 3 N–H and O–H groups in total. The number of nitrogens with one attached hydrogen (secondary N) is 1. The number of hydrogen-bond donors (Lipinski definition) is 2. The monoisotopic (exact) mass is 196 g/mol. The van der Waals surface area contributed by atoms with E-state index in [-0.39, 0.29) is 11.9 Å². The summed E-state index contributed by atoms with van der Waals surface area (Å²) in [6.07, 6.45) is 1.94. The minimum Gasteiger partial charge on any atom is -0.271 e. The van der Waals surface area contributed by atoms with Crippen molar-refractivity contribution in [2.75, 3.05) is 0 Å². The first kappa shape index (κ1) is 11.1. The highest BCUT2D eigenvalue weighted by atomic mass is 19.1. The standard InChI is InChI=1S/C11H17FN2/c1-3-4-11(14-13)10-7-9(12)6-5-8(10)2/h5-7,11,14H,3-4,13H2,1-2H3. The Morgan fingerprint density at radius 3 is 2.79 bits per heavy atom. The number of halogens is 1. The van der Waals surface area contributed by atoms with Gasteiger partial charge in [0, 0.05) is 6.04 Å². The van der Waals surface area contributed by atoms with Crippen molar-refractivity contribution in [3.8, 4) is 0 Å². The van der Waals surface area contributed by atoms with Gasteiger partial charge in [-0.2, -0.15) is 0 Å². The summed E-state index contributed by atoms with van der Waals surface area (Å²) in [6, 6.07) is 4.86. The van der Waals surface area contributed by atoms with E-state index in [1.54, 1.807) is 12.1 Å². The molecule has 2 nitrogen and oxygen atoms in total. The number of rotatable bonds is 4. The van der Waals surface area contributed by atoms with E-state index in [1.165, 1.54) is 6.07 Å². The first-order valence-electron chi connectivity index (χ1n) is 4.91. The molecule has 0 bridgehead atoms. The molecule has 0 aromatic heterocycles. The highest BCUT2D eigenvalue weighted by Gasteiger charge is 2.11. The molecule has 0 saturated carbocycles. The van der Waals surface area contributed by atoms with Gasteiger partial charge < -0.3 is 0 Å². The smallest absolute Gasteiger partial charge is 0.123 e. The summed E-state index contributed by atoms with van der Waals surface area (Å²) >= 11 is 0. The van der Waals surface area contributed by atoms with Gasteiger partial charge in [-0.15, -0.1) is 0 Å². The molecule has 0 radical (unpaired) electrons. The van der Waals surface area contributed by atoms with Crippen LogP contribution < -0.4 is 11.3 Å². The fourth-order valence-corrected chi connectivity index (χ4v) is 1.60. The van der Waals surface area contributed by atoms with Crippen LogP contribution in [0.4, 0.5) is 4.39 Å². The van der Waals surface area contributed by atoms with Gasteiger partial charge in [0.1, 0.15) is 5.82 Å². The molecule has 0 heterocycles. The Hall–Kier alpha value is -0.930. The van der Waals surface area contributed by atoms with Crippen LogP contribution in [0, 0.1) is 12.7 Å². The zero-order valence-corrected chi connectivity index (χ0v) is 8.68. The van der Waals surface area contributed by atoms with E-state index in [2.05, 4.69) is 12.3 Å². The lowest BCUT2D eigenvalue weighted by Crippen LogP contribution is -2.28. The Bertz CT molecular complexity index is 299. The number of nitrogens with two attached hydrogens (primary N) is 1. The molecule has 0 spiro atoms. The van der Waals surface area contributed by atoms with Crippen molar-refractivity contribution in [2.24, 2.45) is 5.84 Å². The molecule has 0 aliphatic heterocycles. The van der Waals surface area contributed by atoms with Crippen molar-refractivity contribution in [2.45, 2.75) is 32.7 Å². The van der Waals surface area contributed by atoms with Crippen LogP contribution in [0.25, 0.3) is 0 Å². The molecule has 14 heavy (non-hydrogen) atoms. The summed E-state index contributed by atoms with van der Waals surface area (Å²) in [5.41, 5.74) is 4.75. The fraction of sp³-hybridized carbons (Fsp3) is 0.455. The second-order valence-electron chi connectivity index (χ2n) is 3.51. The molecule has 0 fully saturated rings. The van der Waals surface area contributed by atoms with Crippen LogP contribution in [0.5, 0.6) is 0 Å². The Kier molecular flexibility index (Phi) is 4.04. The molecule has 3 heteroatoms. The Labute approximate surface area is 84.3 Å². The zero-order valence-electron chi connectivity index (χ0n) is 8.68. The van der Waals surface area contributed by atoms with E-state index in [1.807, 2.05) is 6.92 Å². The van der Waals surface area contributed by atoms with E-state index in [4.69, 9.17) is 5.84 Å². The van der Waals surface area contributed by atoms with E-state index in [9.17, 15) is 4.39 Å². The van der Waals surface area contributed by atoms with Crippen molar-refractivity contribution >= 4 is 0 Å². The summed E-state index contributed by atoms with van der Waals surface area (Å²) in [5.74, 6) is 5.23. The highest BCUT2D eigenvalue weighted by Crippen LogP contribution is 2.21. The molecule has 0 aliphatic carbocycles. The molecular formula is C11H17FN2. The Morgan fingerprint density at radius 2 is 2.21 bits per heavy atom. The molecule has 0 aliphatic rings. The van der Waals surface area contributed by atoms with Gasteiger partial charge in [-0.05, 0) is 36.6 Å². The summed E-state index contributed by atoms with van der Waals surface area (Å²) in [6.45, 7) is 4.05. The maximum atomic E-state index is 13.0. The Balaban J connectivity index is 2.96. The highest BCUT2D eigenvalue weighted by molar-refractivity contribution is 5.29. The average molecular weight is 196 g/mol. The van der Waals surface area contributed by atoms with Crippen LogP contribution in [0.3, 0.4) is 0 Å². The van der Waals surface area contributed by atoms with Crippen molar-refractivity contribution in [1.82, 2.24) is 5.43 Å². The summed E-state index contributed by atoms with van der Waals surface area (Å²) in [4.78, 5) is 0. The number of aryl methyl sites for hydroxylation is 1. The lowest BCUT2D eigenvalue weighted by atomic mass is 9.98. The van der Waals surface area contributed by atoms with E-state index >= 15 is 0 Å². The van der Waals surface area contributed by atoms with Crippen molar-refractivity contribution in [3.63, 3.8) is 0 Å². The van der Waals surface area contributed by atoms with Crippen LogP contribution in [0.2, 0.25) is 0 Å². The number of hydrazine groups is 1. The largest absolute Gasteiger partial charge is 0.271 e. The van der Waals surface area contributed by atoms with E-state index in [0.717, 1.165) is 24.0 Å². The second kappa shape index (κ2) is 5.08. The number of benzene rings is 1. The van der Waals surface area contributed by atoms with Crippen LogP contribution in [0.15, 0.2) is 18.2 Å². The summed E-state index contributed by atoms with van der Waals surface area (Å²) < 4.78 is 13.0. The van der Waals surface area contributed by atoms with Crippen LogP contribution >= 0.6 is 0 Å². The predicted molar refractivity (Wildman–Crippen MR) is 56.1 cm³/mol. The zero-order chi connectivity index (χ0) is 10.6. The van der Waals surface area contributed by atoms with E-state index < -0.39 is 0 Å². The van der Waals surface area contributed by atoms with Gasteiger partial charge in [0.25, 0.3) is 0 Å². The average Bonchev–Trinajstić information content (AvgIpc) is 2.18. The molecule has 1 unspecified atom stereocenters. The second-order valence-corrected chi connectivity index (χ2v) is 3.51. The summed E-state index contributed by atoms with van der Waals surface area (Å²) in [5, 5.41) is 0. The quantitative estimate of drug-likeness (QED) is 0.573. The fourth-order valence-electron chi connectivity index (χ4n) is 1.60.